The van der Waals surface area contributed by atoms with Crippen molar-refractivity contribution >= 4 is 11.8 Å². The molecule has 0 saturated carbocycles. The Morgan fingerprint density at radius 2 is 1.67 bits per heavy atom. The highest BCUT2D eigenvalue weighted by atomic mass is 16.5. The highest BCUT2D eigenvalue weighted by Crippen LogP contribution is 2.45. The monoisotopic (exact) mass is 446 g/mol. The Morgan fingerprint density at radius 1 is 0.939 bits per heavy atom. The second-order valence-electron chi connectivity index (χ2n) is 7.92. The molecular weight excluding hydrogens is 420 g/mol. The smallest absolute Gasteiger partial charge is 0.253 e. The highest BCUT2D eigenvalue weighted by Gasteiger charge is 2.22. The molecule has 4 rings (SSSR count). The summed E-state index contributed by atoms with van der Waals surface area (Å²) >= 11 is 0. The van der Waals surface area contributed by atoms with E-state index in [9.17, 15) is 9.59 Å². The maximum absolute atomic E-state index is 12.1. The number of hydrogen-bond donors (Lipinski definition) is 1. The van der Waals surface area contributed by atoms with Crippen molar-refractivity contribution in [3.05, 3.63) is 76.9 Å². The molecule has 7 nitrogen and oxygen atoms in total. The van der Waals surface area contributed by atoms with Gasteiger partial charge in [0.05, 0.1) is 14.2 Å². The van der Waals surface area contributed by atoms with Crippen LogP contribution < -0.4 is 19.5 Å². The number of carbonyl (C=O) groups is 2. The molecule has 3 aromatic rings. The Balaban J connectivity index is 1.67. The maximum atomic E-state index is 12.1. The Hall–Kier alpha value is -4.00. The van der Waals surface area contributed by atoms with E-state index >= 15 is 0 Å². The van der Waals surface area contributed by atoms with E-state index in [4.69, 9.17) is 14.2 Å². The van der Waals surface area contributed by atoms with Crippen LogP contribution in [0.4, 0.5) is 0 Å². The summed E-state index contributed by atoms with van der Waals surface area (Å²) in [5.74, 6) is 1.48. The van der Waals surface area contributed by atoms with Gasteiger partial charge in [0.15, 0.2) is 11.5 Å². The molecule has 0 spiro atoms. The average Bonchev–Trinajstić information content (AvgIpc) is 3.21. The van der Waals surface area contributed by atoms with E-state index in [-0.39, 0.29) is 18.4 Å². The van der Waals surface area contributed by atoms with Crippen LogP contribution in [0.1, 0.15) is 31.8 Å². The van der Waals surface area contributed by atoms with Crippen LogP contribution in [0.3, 0.4) is 0 Å². The van der Waals surface area contributed by atoms with Crippen molar-refractivity contribution in [1.29, 1.82) is 0 Å². The summed E-state index contributed by atoms with van der Waals surface area (Å²) in [6, 6.07) is 16.8. The molecule has 0 saturated heterocycles. The lowest BCUT2D eigenvalue weighted by atomic mass is 9.99. The molecule has 0 aliphatic carbocycles. The molecule has 0 bridgehead atoms. The molecule has 0 atom stereocenters. The molecule has 0 aromatic heterocycles. The zero-order valence-electron chi connectivity index (χ0n) is 19.1. The first-order chi connectivity index (χ1) is 15.9. The fraction of sp³-hybridized carbons (Fsp3) is 0.231. The maximum Gasteiger partial charge on any atom is 0.253 e. The van der Waals surface area contributed by atoms with Crippen molar-refractivity contribution in [1.82, 2.24) is 10.2 Å². The minimum atomic E-state index is -0.0588. The standard InChI is InChI=1S/C26H26N2O5/c1-28(2)26(30)17-7-5-16(6-8-17)15-33-23-20(11-12-22(31-3)24(23)32-4)18-9-10-21-19(13-18)14-27-25(21)29/h5-13H,14-15H2,1-4H3,(H,27,29). The van der Waals surface area contributed by atoms with Crippen molar-refractivity contribution in [2.24, 2.45) is 0 Å². The SMILES string of the molecule is COc1ccc(-c2ccc3c(c2)CNC3=O)c(OCc2ccc(C(=O)N(C)C)cc2)c1OC. The molecule has 1 heterocycles. The number of nitrogens with one attached hydrogen (secondary N) is 1. The zero-order chi connectivity index (χ0) is 23.5. The second-order valence-corrected chi connectivity index (χ2v) is 7.92. The number of ether oxygens (including phenoxy) is 3. The van der Waals surface area contributed by atoms with Gasteiger partial charge in [0, 0.05) is 37.3 Å². The molecule has 1 aliphatic heterocycles. The van der Waals surface area contributed by atoms with Gasteiger partial charge in [-0.3, -0.25) is 9.59 Å². The van der Waals surface area contributed by atoms with Crippen molar-refractivity contribution in [2.75, 3.05) is 28.3 Å². The quantitative estimate of drug-likeness (QED) is 0.596. The van der Waals surface area contributed by atoms with Crippen LogP contribution in [0.15, 0.2) is 54.6 Å². The van der Waals surface area contributed by atoms with Gasteiger partial charge in [-0.15, -0.1) is 0 Å². The van der Waals surface area contributed by atoms with E-state index in [1.165, 1.54) is 0 Å². The molecule has 0 radical (unpaired) electrons. The number of benzene rings is 3. The van der Waals surface area contributed by atoms with Gasteiger partial charge in [-0.25, -0.2) is 0 Å². The van der Waals surface area contributed by atoms with Gasteiger partial charge in [0.25, 0.3) is 11.8 Å². The lowest BCUT2D eigenvalue weighted by Crippen LogP contribution is -2.21. The highest BCUT2D eigenvalue weighted by molar-refractivity contribution is 5.99. The number of carbonyl (C=O) groups excluding carboxylic acids is 2. The molecule has 3 aromatic carbocycles. The van der Waals surface area contributed by atoms with Gasteiger partial charge >= 0.3 is 0 Å². The van der Waals surface area contributed by atoms with Crippen LogP contribution in [0.5, 0.6) is 17.2 Å². The van der Waals surface area contributed by atoms with Gasteiger partial charge in [0.2, 0.25) is 5.75 Å². The van der Waals surface area contributed by atoms with Crippen LogP contribution in [0, 0.1) is 0 Å². The lowest BCUT2D eigenvalue weighted by Gasteiger charge is -2.18. The molecule has 7 heteroatoms. The third kappa shape index (κ3) is 4.35. The first-order valence-corrected chi connectivity index (χ1v) is 10.5. The fourth-order valence-corrected chi connectivity index (χ4v) is 3.83. The largest absolute Gasteiger partial charge is 0.493 e. The first-order valence-electron chi connectivity index (χ1n) is 10.5. The zero-order valence-corrected chi connectivity index (χ0v) is 19.1. The van der Waals surface area contributed by atoms with E-state index in [0.29, 0.717) is 34.9 Å². The molecule has 0 fully saturated rings. The number of rotatable bonds is 7. The normalized spacial score (nSPS) is 12.1. The molecule has 1 aliphatic rings. The van der Waals surface area contributed by atoms with Crippen LogP contribution in [-0.2, 0) is 13.2 Å². The summed E-state index contributed by atoms with van der Waals surface area (Å²) in [4.78, 5) is 25.6. The lowest BCUT2D eigenvalue weighted by molar-refractivity contribution is 0.0827. The minimum Gasteiger partial charge on any atom is -0.493 e. The molecule has 0 unspecified atom stereocenters. The van der Waals surface area contributed by atoms with Crippen LogP contribution >= 0.6 is 0 Å². The average molecular weight is 447 g/mol. The summed E-state index contributed by atoms with van der Waals surface area (Å²) < 4.78 is 17.4. The van der Waals surface area contributed by atoms with Crippen LogP contribution in [0.25, 0.3) is 11.1 Å². The van der Waals surface area contributed by atoms with Gasteiger partial charge in [-0.1, -0.05) is 18.2 Å². The number of amides is 2. The van der Waals surface area contributed by atoms with Gasteiger partial charge in [0.1, 0.15) is 6.61 Å². The number of fused-ring (bicyclic) bond motifs is 1. The van der Waals surface area contributed by atoms with E-state index in [1.807, 2.05) is 42.5 Å². The second kappa shape index (κ2) is 9.24. The Morgan fingerprint density at radius 3 is 2.33 bits per heavy atom. The van der Waals surface area contributed by atoms with Gasteiger partial charge < -0.3 is 24.4 Å². The summed E-state index contributed by atoms with van der Waals surface area (Å²) in [7, 11) is 6.59. The van der Waals surface area contributed by atoms with Gasteiger partial charge in [-0.2, -0.15) is 0 Å². The third-order valence-electron chi connectivity index (χ3n) is 5.59. The number of hydrogen-bond acceptors (Lipinski definition) is 5. The summed E-state index contributed by atoms with van der Waals surface area (Å²) in [5.41, 5.74) is 4.89. The molecule has 170 valence electrons. The van der Waals surface area contributed by atoms with E-state index in [2.05, 4.69) is 5.32 Å². The predicted molar refractivity (Wildman–Crippen MR) is 125 cm³/mol. The Kier molecular flexibility index (Phi) is 6.22. The van der Waals surface area contributed by atoms with E-state index in [0.717, 1.165) is 22.3 Å². The first kappa shape index (κ1) is 22.2. The molecular formula is C26H26N2O5. The third-order valence-corrected chi connectivity index (χ3v) is 5.59. The summed E-state index contributed by atoms with van der Waals surface area (Å²) in [6.07, 6.45) is 0. The van der Waals surface area contributed by atoms with Crippen LogP contribution in [-0.4, -0.2) is 45.0 Å². The summed E-state index contributed by atoms with van der Waals surface area (Å²) in [6.45, 7) is 0.779. The topological polar surface area (TPSA) is 77.1 Å². The van der Waals surface area contributed by atoms with E-state index < -0.39 is 0 Å². The van der Waals surface area contributed by atoms with Crippen molar-refractivity contribution in [3.63, 3.8) is 0 Å². The number of nitrogens with zero attached hydrogens (tertiary/aromatic N) is 1. The summed E-state index contributed by atoms with van der Waals surface area (Å²) in [5, 5.41) is 2.84. The van der Waals surface area contributed by atoms with Crippen LogP contribution in [0.2, 0.25) is 0 Å². The molecule has 2 amide bonds. The van der Waals surface area contributed by atoms with Crippen molar-refractivity contribution < 1.29 is 23.8 Å². The Labute approximate surface area is 192 Å². The van der Waals surface area contributed by atoms with Crippen molar-refractivity contribution in [2.45, 2.75) is 13.2 Å². The Bertz CT molecular complexity index is 1200. The predicted octanol–water partition coefficient (Wildman–Crippen LogP) is 3.90. The fourth-order valence-electron chi connectivity index (χ4n) is 3.83. The van der Waals surface area contributed by atoms with E-state index in [1.54, 1.807) is 45.3 Å². The molecule has 1 N–H and O–H groups in total. The minimum absolute atomic E-state index is 0.0520. The number of methoxy groups -OCH3 is 2. The molecule has 33 heavy (non-hydrogen) atoms. The van der Waals surface area contributed by atoms with Gasteiger partial charge in [-0.05, 0) is 53.1 Å². The van der Waals surface area contributed by atoms with Crippen molar-refractivity contribution in [3.8, 4) is 28.4 Å².